The van der Waals surface area contributed by atoms with Gasteiger partial charge in [0.05, 0.1) is 38.8 Å². The fourth-order valence-electron chi connectivity index (χ4n) is 2.74. The Kier molecular flexibility index (Phi) is 9.74. The first-order valence-corrected chi connectivity index (χ1v) is 12.5. The molecule has 0 spiro atoms. The predicted molar refractivity (Wildman–Crippen MR) is 105 cm³/mol. The molecule has 0 fully saturated rings. The Morgan fingerprint density at radius 1 is 0.654 bits per heavy atom. The number of aryl methyl sites for hydroxylation is 2. The molecular formula is C18H32O6P2. The molecule has 0 aliphatic heterocycles. The summed E-state index contributed by atoms with van der Waals surface area (Å²) in [6.07, 6.45) is 0.437. The van der Waals surface area contributed by atoms with E-state index in [4.69, 9.17) is 18.1 Å². The Bertz CT molecular complexity index is 596. The Morgan fingerprint density at radius 2 is 0.923 bits per heavy atom. The highest BCUT2D eigenvalue weighted by atomic mass is 31.2. The molecule has 0 unspecified atom stereocenters. The van der Waals surface area contributed by atoms with Crippen LogP contribution in [0.3, 0.4) is 0 Å². The maximum Gasteiger partial charge on any atom is 0.335 e. The lowest BCUT2D eigenvalue weighted by Crippen LogP contribution is -2.04. The second-order valence-corrected chi connectivity index (χ2v) is 10.0. The minimum atomic E-state index is -3.17. The minimum absolute atomic E-state index is 0.218. The fraction of sp³-hybridized carbons (Fsp3) is 0.667. The smallest absolute Gasteiger partial charge is 0.309 e. The Labute approximate surface area is 157 Å². The topological polar surface area (TPSA) is 71.1 Å². The standard InChI is InChI=1S/C18H32O6P2/c1-7-21-25(19,22-8-2)13-17-11-16(6)18(12-15(17)5)14-26(20,23-9-3)24-10-4/h11-12H,7-10,13-14H2,1-6H3. The molecule has 1 rings (SSSR count). The molecule has 150 valence electrons. The molecule has 0 saturated heterocycles. The summed E-state index contributed by atoms with van der Waals surface area (Å²) >= 11 is 0. The summed E-state index contributed by atoms with van der Waals surface area (Å²) in [5.74, 6) is 0. The molecule has 8 heteroatoms. The van der Waals surface area contributed by atoms with E-state index in [0.717, 1.165) is 22.3 Å². The van der Waals surface area contributed by atoms with E-state index >= 15 is 0 Å². The van der Waals surface area contributed by atoms with E-state index in [1.165, 1.54) is 0 Å². The van der Waals surface area contributed by atoms with E-state index < -0.39 is 15.2 Å². The third-order valence-electron chi connectivity index (χ3n) is 3.83. The molecule has 0 N–H and O–H groups in total. The summed E-state index contributed by atoms with van der Waals surface area (Å²) in [4.78, 5) is 0. The summed E-state index contributed by atoms with van der Waals surface area (Å²) in [6.45, 7) is 12.4. The van der Waals surface area contributed by atoms with Gasteiger partial charge in [0.2, 0.25) is 0 Å². The van der Waals surface area contributed by atoms with Gasteiger partial charge in [0.25, 0.3) is 0 Å². The number of hydrogen-bond donors (Lipinski definition) is 0. The largest absolute Gasteiger partial charge is 0.335 e. The van der Waals surface area contributed by atoms with Gasteiger partial charge in [-0.1, -0.05) is 12.1 Å². The number of hydrogen-bond acceptors (Lipinski definition) is 6. The highest BCUT2D eigenvalue weighted by molar-refractivity contribution is 7.53. The van der Waals surface area contributed by atoms with Crippen LogP contribution >= 0.6 is 15.2 Å². The van der Waals surface area contributed by atoms with Crippen LogP contribution in [-0.4, -0.2) is 26.4 Å². The highest BCUT2D eigenvalue weighted by Gasteiger charge is 2.28. The van der Waals surface area contributed by atoms with Crippen LogP contribution < -0.4 is 0 Å². The van der Waals surface area contributed by atoms with Crippen molar-refractivity contribution in [1.82, 2.24) is 0 Å². The molecule has 6 nitrogen and oxygen atoms in total. The molecule has 0 bridgehead atoms. The Balaban J connectivity index is 3.11. The van der Waals surface area contributed by atoms with Crippen molar-refractivity contribution in [3.63, 3.8) is 0 Å². The monoisotopic (exact) mass is 406 g/mol. The zero-order valence-corrected chi connectivity index (χ0v) is 18.5. The normalized spacial score (nSPS) is 12.5. The quantitative estimate of drug-likeness (QED) is 0.406. The summed E-state index contributed by atoms with van der Waals surface area (Å²) in [7, 11) is -6.34. The maximum atomic E-state index is 12.8. The van der Waals surface area contributed by atoms with Gasteiger partial charge in [-0.3, -0.25) is 9.13 Å². The first kappa shape index (κ1) is 23.6. The van der Waals surface area contributed by atoms with Crippen molar-refractivity contribution in [2.24, 2.45) is 0 Å². The summed E-state index contributed by atoms with van der Waals surface area (Å²) < 4.78 is 47.2. The average molecular weight is 406 g/mol. The second kappa shape index (κ2) is 10.8. The number of rotatable bonds is 12. The van der Waals surface area contributed by atoms with Crippen LogP contribution in [0.15, 0.2) is 12.1 Å². The van der Waals surface area contributed by atoms with Gasteiger partial charge < -0.3 is 18.1 Å². The van der Waals surface area contributed by atoms with Crippen molar-refractivity contribution in [3.05, 3.63) is 34.4 Å². The molecular weight excluding hydrogens is 374 g/mol. The van der Waals surface area contributed by atoms with Crippen LogP contribution in [0, 0.1) is 13.8 Å². The predicted octanol–water partition coefficient (Wildman–Crippen LogP) is 5.84. The first-order valence-electron chi connectivity index (χ1n) is 9.07. The van der Waals surface area contributed by atoms with Gasteiger partial charge in [-0.25, -0.2) is 0 Å². The van der Waals surface area contributed by atoms with Gasteiger partial charge in [0.1, 0.15) is 0 Å². The lowest BCUT2D eigenvalue weighted by Gasteiger charge is -2.21. The van der Waals surface area contributed by atoms with E-state index in [9.17, 15) is 9.13 Å². The Hall–Kier alpha value is -0.480. The van der Waals surface area contributed by atoms with Gasteiger partial charge in [-0.05, 0) is 63.8 Å². The van der Waals surface area contributed by atoms with Crippen LogP contribution in [0.2, 0.25) is 0 Å². The van der Waals surface area contributed by atoms with Gasteiger partial charge in [-0.2, -0.15) is 0 Å². The molecule has 0 radical (unpaired) electrons. The number of benzene rings is 1. The molecule has 1 aromatic rings. The second-order valence-electron chi connectivity index (χ2n) is 5.91. The van der Waals surface area contributed by atoms with Gasteiger partial charge in [-0.15, -0.1) is 0 Å². The van der Waals surface area contributed by atoms with E-state index in [1.54, 1.807) is 27.7 Å². The van der Waals surface area contributed by atoms with E-state index in [2.05, 4.69) is 0 Å². The third kappa shape index (κ3) is 6.92. The minimum Gasteiger partial charge on any atom is -0.309 e. The molecule has 0 heterocycles. The van der Waals surface area contributed by atoms with E-state index in [1.807, 2.05) is 26.0 Å². The summed E-state index contributed by atoms with van der Waals surface area (Å²) in [5.41, 5.74) is 3.70. The lowest BCUT2D eigenvalue weighted by molar-refractivity contribution is 0.218. The van der Waals surface area contributed by atoms with Gasteiger partial charge >= 0.3 is 15.2 Å². The lowest BCUT2D eigenvalue weighted by atomic mass is 10.0. The van der Waals surface area contributed by atoms with Crippen LogP contribution in [0.4, 0.5) is 0 Å². The highest BCUT2D eigenvalue weighted by Crippen LogP contribution is 2.53. The van der Waals surface area contributed by atoms with E-state index in [0.29, 0.717) is 26.4 Å². The van der Waals surface area contributed by atoms with Crippen LogP contribution in [0.1, 0.15) is 49.9 Å². The van der Waals surface area contributed by atoms with Crippen LogP contribution in [-0.2, 0) is 39.5 Å². The summed E-state index contributed by atoms with van der Waals surface area (Å²) in [5, 5.41) is 0. The molecule has 26 heavy (non-hydrogen) atoms. The molecule has 0 amide bonds. The molecule has 0 aliphatic carbocycles. The van der Waals surface area contributed by atoms with Crippen molar-refractivity contribution >= 4 is 15.2 Å². The Morgan fingerprint density at radius 3 is 1.15 bits per heavy atom. The van der Waals surface area contributed by atoms with Crippen molar-refractivity contribution in [3.8, 4) is 0 Å². The van der Waals surface area contributed by atoms with Crippen molar-refractivity contribution < 1.29 is 27.2 Å². The van der Waals surface area contributed by atoms with Crippen LogP contribution in [0.25, 0.3) is 0 Å². The van der Waals surface area contributed by atoms with E-state index in [-0.39, 0.29) is 12.3 Å². The molecule has 0 atom stereocenters. The van der Waals surface area contributed by atoms with Gasteiger partial charge in [0, 0.05) is 0 Å². The molecule has 0 saturated carbocycles. The zero-order chi connectivity index (χ0) is 19.8. The van der Waals surface area contributed by atoms with Crippen molar-refractivity contribution in [2.45, 2.75) is 53.9 Å². The maximum absolute atomic E-state index is 12.8. The molecule has 0 aliphatic rings. The average Bonchev–Trinajstić information content (AvgIpc) is 2.53. The first-order chi connectivity index (χ1) is 12.2. The van der Waals surface area contributed by atoms with Crippen LogP contribution in [0.5, 0.6) is 0 Å². The third-order valence-corrected chi connectivity index (χ3v) is 7.89. The van der Waals surface area contributed by atoms with Crippen molar-refractivity contribution in [1.29, 1.82) is 0 Å². The fourth-order valence-corrected chi connectivity index (χ4v) is 6.34. The molecule has 1 aromatic carbocycles. The van der Waals surface area contributed by atoms with Gasteiger partial charge in [0.15, 0.2) is 0 Å². The molecule has 0 aromatic heterocycles. The summed E-state index contributed by atoms with van der Waals surface area (Å²) in [6, 6.07) is 3.91. The van der Waals surface area contributed by atoms with Crippen molar-refractivity contribution in [2.75, 3.05) is 26.4 Å². The zero-order valence-electron chi connectivity index (χ0n) is 16.7. The SMILES string of the molecule is CCOP(=O)(Cc1cc(C)c(CP(=O)(OCC)OCC)cc1C)OCC.